The second kappa shape index (κ2) is 8.23. The van der Waals surface area contributed by atoms with Gasteiger partial charge in [0.1, 0.15) is 19.0 Å². The fourth-order valence-corrected chi connectivity index (χ4v) is 1.95. The van der Waals surface area contributed by atoms with Gasteiger partial charge in [0.25, 0.3) is 0 Å². The van der Waals surface area contributed by atoms with Gasteiger partial charge in [-0.1, -0.05) is 6.07 Å². The predicted octanol–water partition coefficient (Wildman–Crippen LogP) is -0.117. The molecule has 0 aliphatic rings. The minimum absolute atomic E-state index is 0.0911. The summed E-state index contributed by atoms with van der Waals surface area (Å²) in [4.78, 5) is 24.3. The molecule has 0 aromatic carbocycles. The second-order valence-corrected chi connectivity index (χ2v) is 5.28. The highest BCUT2D eigenvalue weighted by atomic mass is 16.5. The molecule has 0 aliphatic carbocycles. The van der Waals surface area contributed by atoms with Crippen LogP contribution >= 0.6 is 0 Å². The van der Waals surface area contributed by atoms with Crippen LogP contribution in [0.5, 0.6) is 0 Å². The number of pyridine rings is 1. The van der Waals surface area contributed by atoms with Crippen LogP contribution in [-0.2, 0) is 20.7 Å². The van der Waals surface area contributed by atoms with E-state index in [2.05, 4.69) is 15.5 Å². The van der Waals surface area contributed by atoms with E-state index in [0.717, 1.165) is 17.9 Å². The van der Waals surface area contributed by atoms with Crippen molar-refractivity contribution in [2.75, 3.05) is 33.9 Å². The average molecular weight is 319 g/mol. The standard InChI is InChI=1S/C15H21N5O3/c1-19(2)15(22)11-23-10-14(21)16-8-5-7-13-18-17-12-6-3-4-9-20(12)13/h3-4,6,9H,5,7-8,10-11H2,1-2H3,(H,16,21). The fourth-order valence-electron chi connectivity index (χ4n) is 1.95. The number of aryl methyl sites for hydroxylation is 1. The zero-order valence-electron chi connectivity index (χ0n) is 13.4. The second-order valence-electron chi connectivity index (χ2n) is 5.28. The first-order chi connectivity index (χ1) is 11.1. The predicted molar refractivity (Wildman–Crippen MR) is 83.8 cm³/mol. The summed E-state index contributed by atoms with van der Waals surface area (Å²) in [6, 6.07) is 5.73. The van der Waals surface area contributed by atoms with E-state index in [0.29, 0.717) is 13.0 Å². The van der Waals surface area contributed by atoms with E-state index >= 15 is 0 Å². The van der Waals surface area contributed by atoms with Gasteiger partial charge in [-0.3, -0.25) is 14.0 Å². The maximum Gasteiger partial charge on any atom is 0.248 e. The number of rotatable bonds is 8. The first-order valence-corrected chi connectivity index (χ1v) is 7.41. The Kier molecular flexibility index (Phi) is 6.04. The zero-order chi connectivity index (χ0) is 16.7. The zero-order valence-corrected chi connectivity index (χ0v) is 13.4. The Bertz CT molecular complexity index is 668. The number of nitrogens with zero attached hydrogens (tertiary/aromatic N) is 4. The van der Waals surface area contributed by atoms with E-state index in [1.165, 1.54) is 4.90 Å². The molecule has 0 fully saturated rings. The molecule has 0 bridgehead atoms. The highest BCUT2D eigenvalue weighted by molar-refractivity contribution is 5.79. The molecule has 0 spiro atoms. The maximum atomic E-state index is 11.6. The molecule has 2 rings (SSSR count). The summed E-state index contributed by atoms with van der Waals surface area (Å²) in [6.45, 7) is 0.311. The lowest BCUT2D eigenvalue weighted by Crippen LogP contribution is -2.32. The largest absolute Gasteiger partial charge is 0.362 e. The molecule has 0 radical (unpaired) electrons. The number of nitrogens with one attached hydrogen (secondary N) is 1. The van der Waals surface area contributed by atoms with Gasteiger partial charge in [0.05, 0.1) is 0 Å². The summed E-state index contributed by atoms with van der Waals surface area (Å²) in [5.74, 6) is 0.460. The number of ether oxygens (including phenoxy) is 1. The number of carbonyl (C=O) groups is 2. The third-order valence-electron chi connectivity index (χ3n) is 3.24. The van der Waals surface area contributed by atoms with Crippen molar-refractivity contribution in [3.63, 3.8) is 0 Å². The van der Waals surface area contributed by atoms with Crippen LogP contribution in [0.25, 0.3) is 5.65 Å². The van der Waals surface area contributed by atoms with Gasteiger partial charge in [0, 0.05) is 33.3 Å². The molecule has 2 aromatic heterocycles. The van der Waals surface area contributed by atoms with Crippen molar-refractivity contribution in [2.45, 2.75) is 12.8 Å². The molecule has 124 valence electrons. The third-order valence-corrected chi connectivity index (χ3v) is 3.24. The smallest absolute Gasteiger partial charge is 0.248 e. The Morgan fingerprint density at radius 3 is 2.87 bits per heavy atom. The van der Waals surface area contributed by atoms with Crippen molar-refractivity contribution in [3.8, 4) is 0 Å². The van der Waals surface area contributed by atoms with E-state index in [4.69, 9.17) is 4.74 Å². The monoisotopic (exact) mass is 319 g/mol. The molecule has 2 aromatic rings. The SMILES string of the molecule is CN(C)C(=O)COCC(=O)NCCCc1nnc2ccccn12. The van der Waals surface area contributed by atoms with Crippen LogP contribution in [0.2, 0.25) is 0 Å². The molecule has 0 aliphatic heterocycles. The van der Waals surface area contributed by atoms with E-state index < -0.39 is 0 Å². The summed E-state index contributed by atoms with van der Waals surface area (Å²) < 4.78 is 6.98. The molecule has 0 saturated heterocycles. The summed E-state index contributed by atoms with van der Waals surface area (Å²) in [5, 5.41) is 11.0. The van der Waals surface area contributed by atoms with Gasteiger partial charge in [0.2, 0.25) is 11.8 Å². The lowest BCUT2D eigenvalue weighted by atomic mass is 10.3. The fraction of sp³-hybridized carbons (Fsp3) is 0.467. The molecule has 2 heterocycles. The number of hydrogen-bond donors (Lipinski definition) is 1. The van der Waals surface area contributed by atoms with Gasteiger partial charge >= 0.3 is 0 Å². The third kappa shape index (κ3) is 5.03. The minimum Gasteiger partial charge on any atom is -0.362 e. The van der Waals surface area contributed by atoms with Crippen LogP contribution in [0, 0.1) is 0 Å². The maximum absolute atomic E-state index is 11.6. The molecule has 0 atom stereocenters. The summed E-state index contributed by atoms with van der Waals surface area (Å²) >= 11 is 0. The Morgan fingerprint density at radius 2 is 2.09 bits per heavy atom. The molecule has 8 nitrogen and oxygen atoms in total. The first-order valence-electron chi connectivity index (χ1n) is 7.41. The van der Waals surface area contributed by atoms with Gasteiger partial charge in [0.15, 0.2) is 5.65 Å². The number of likely N-dealkylation sites (N-methyl/N-ethyl adjacent to an activating group) is 1. The van der Waals surface area contributed by atoms with Crippen molar-refractivity contribution in [1.82, 2.24) is 24.8 Å². The number of fused-ring (bicyclic) bond motifs is 1. The number of amides is 2. The molecule has 1 N–H and O–H groups in total. The van der Waals surface area contributed by atoms with Gasteiger partial charge < -0.3 is 15.0 Å². The number of carbonyl (C=O) groups excluding carboxylic acids is 2. The summed E-state index contributed by atoms with van der Waals surface area (Å²) in [5.41, 5.74) is 0.811. The van der Waals surface area contributed by atoms with Crippen LogP contribution in [0.15, 0.2) is 24.4 Å². The lowest BCUT2D eigenvalue weighted by Gasteiger charge is -2.10. The van der Waals surface area contributed by atoms with Crippen molar-refractivity contribution >= 4 is 17.5 Å². The Balaban J connectivity index is 1.63. The average Bonchev–Trinajstić information content (AvgIpc) is 2.94. The molecule has 0 saturated carbocycles. The first kappa shape index (κ1) is 16.9. The molecule has 0 unspecified atom stereocenters. The Morgan fingerprint density at radius 1 is 1.26 bits per heavy atom. The van der Waals surface area contributed by atoms with Crippen molar-refractivity contribution in [3.05, 3.63) is 30.2 Å². The van der Waals surface area contributed by atoms with Crippen molar-refractivity contribution < 1.29 is 14.3 Å². The van der Waals surface area contributed by atoms with Crippen LogP contribution < -0.4 is 5.32 Å². The van der Waals surface area contributed by atoms with Gasteiger partial charge in [-0.2, -0.15) is 0 Å². The quantitative estimate of drug-likeness (QED) is 0.686. The molecular weight excluding hydrogens is 298 g/mol. The minimum atomic E-state index is -0.234. The number of hydrogen-bond acceptors (Lipinski definition) is 5. The highest BCUT2D eigenvalue weighted by Crippen LogP contribution is 2.04. The Hall–Kier alpha value is -2.48. The van der Waals surface area contributed by atoms with Gasteiger partial charge in [-0.05, 0) is 18.6 Å². The van der Waals surface area contributed by atoms with E-state index in [1.807, 2.05) is 28.8 Å². The van der Waals surface area contributed by atoms with Crippen LogP contribution in [-0.4, -0.2) is 65.2 Å². The molecular formula is C15H21N5O3. The lowest BCUT2D eigenvalue weighted by molar-refractivity contribution is -0.136. The van der Waals surface area contributed by atoms with E-state index in [9.17, 15) is 9.59 Å². The molecule has 2 amide bonds. The summed E-state index contributed by atoms with van der Waals surface area (Å²) in [7, 11) is 3.28. The van der Waals surface area contributed by atoms with Crippen molar-refractivity contribution in [2.24, 2.45) is 0 Å². The highest BCUT2D eigenvalue weighted by Gasteiger charge is 2.07. The number of aromatic nitrogens is 3. The molecule has 8 heteroatoms. The topological polar surface area (TPSA) is 88.8 Å². The van der Waals surface area contributed by atoms with E-state index in [-0.39, 0.29) is 25.0 Å². The summed E-state index contributed by atoms with van der Waals surface area (Å²) in [6.07, 6.45) is 3.38. The normalized spacial score (nSPS) is 10.7. The van der Waals surface area contributed by atoms with E-state index in [1.54, 1.807) is 14.1 Å². The van der Waals surface area contributed by atoms with Crippen molar-refractivity contribution in [1.29, 1.82) is 0 Å². The Labute approximate surface area is 134 Å². The van der Waals surface area contributed by atoms with Crippen LogP contribution in [0.4, 0.5) is 0 Å². The van der Waals surface area contributed by atoms with Gasteiger partial charge in [-0.25, -0.2) is 0 Å². The van der Waals surface area contributed by atoms with Crippen LogP contribution in [0.3, 0.4) is 0 Å². The van der Waals surface area contributed by atoms with Crippen LogP contribution in [0.1, 0.15) is 12.2 Å². The molecule has 23 heavy (non-hydrogen) atoms. The van der Waals surface area contributed by atoms with Gasteiger partial charge in [-0.15, -0.1) is 10.2 Å².